The Hall–Kier alpha value is -1.56. The number of hydrogen-bond donors (Lipinski definition) is 2. The Balaban J connectivity index is 2.75. The maximum atomic E-state index is 11.2. The first-order valence-electron chi connectivity index (χ1n) is 4.18. The van der Waals surface area contributed by atoms with Gasteiger partial charge in [0, 0.05) is 6.54 Å². The first-order valence-corrected chi connectivity index (χ1v) is 4.18. The van der Waals surface area contributed by atoms with Gasteiger partial charge in [0.25, 0.3) is 11.4 Å². The van der Waals surface area contributed by atoms with E-state index in [4.69, 9.17) is 9.47 Å². The van der Waals surface area contributed by atoms with Crippen LogP contribution in [-0.4, -0.2) is 37.3 Å². The molecule has 6 heteroatoms. The largest absolute Gasteiger partial charge is 0.487 e. The zero-order valence-electron chi connectivity index (χ0n) is 8.16. The van der Waals surface area contributed by atoms with Crippen molar-refractivity contribution in [3.05, 3.63) is 16.7 Å². The summed E-state index contributed by atoms with van der Waals surface area (Å²) >= 11 is 0. The fraction of sp³-hybridized carbons (Fsp3) is 0.500. The molecule has 78 valence electrons. The summed E-state index contributed by atoms with van der Waals surface area (Å²) in [5.41, 5.74) is -0.345. The number of aromatic nitrogens is 2. The molecule has 1 rings (SSSR count). The van der Waals surface area contributed by atoms with E-state index in [1.54, 1.807) is 0 Å². The zero-order valence-corrected chi connectivity index (χ0v) is 8.16. The van der Waals surface area contributed by atoms with Crippen LogP contribution in [0.2, 0.25) is 0 Å². The van der Waals surface area contributed by atoms with E-state index in [9.17, 15) is 4.79 Å². The maximum Gasteiger partial charge on any atom is 0.297 e. The van der Waals surface area contributed by atoms with E-state index in [0.29, 0.717) is 13.2 Å². The van der Waals surface area contributed by atoms with Crippen LogP contribution in [0, 0.1) is 0 Å². The van der Waals surface area contributed by atoms with Crippen LogP contribution in [0.3, 0.4) is 0 Å². The van der Waals surface area contributed by atoms with Crippen molar-refractivity contribution < 1.29 is 9.47 Å². The Morgan fingerprint density at radius 1 is 1.64 bits per heavy atom. The molecule has 0 saturated carbocycles. The highest BCUT2D eigenvalue weighted by Gasteiger charge is 2.09. The van der Waals surface area contributed by atoms with Crippen LogP contribution >= 0.6 is 0 Å². The molecule has 1 heterocycles. The van der Waals surface area contributed by atoms with Crippen molar-refractivity contribution in [1.82, 2.24) is 15.3 Å². The Kier molecular flexibility index (Phi) is 3.93. The van der Waals surface area contributed by atoms with Crippen molar-refractivity contribution in [2.24, 2.45) is 0 Å². The van der Waals surface area contributed by atoms with E-state index in [-0.39, 0.29) is 17.2 Å². The van der Waals surface area contributed by atoms with Crippen molar-refractivity contribution in [2.45, 2.75) is 0 Å². The molecule has 1 aromatic rings. The molecule has 0 unspecified atom stereocenters. The van der Waals surface area contributed by atoms with Crippen LogP contribution in [0.4, 0.5) is 0 Å². The Labute approximate surface area is 81.3 Å². The summed E-state index contributed by atoms with van der Waals surface area (Å²) in [4.78, 5) is 17.4. The lowest BCUT2D eigenvalue weighted by Crippen LogP contribution is -2.18. The smallest absolute Gasteiger partial charge is 0.297 e. The van der Waals surface area contributed by atoms with Crippen LogP contribution in [0.15, 0.2) is 11.1 Å². The third kappa shape index (κ3) is 2.46. The van der Waals surface area contributed by atoms with Crippen LogP contribution in [-0.2, 0) is 0 Å². The molecule has 0 amide bonds. The fourth-order valence-corrected chi connectivity index (χ4v) is 0.903. The summed E-state index contributed by atoms with van der Waals surface area (Å²) in [7, 11) is 3.21. The van der Waals surface area contributed by atoms with E-state index < -0.39 is 0 Å². The second-order valence-corrected chi connectivity index (χ2v) is 2.52. The topological polar surface area (TPSA) is 76.2 Å². The second-order valence-electron chi connectivity index (χ2n) is 2.52. The number of hydrogen-bond acceptors (Lipinski definition) is 5. The highest BCUT2D eigenvalue weighted by atomic mass is 16.5. The van der Waals surface area contributed by atoms with Gasteiger partial charge in [-0.25, -0.2) is 4.98 Å². The summed E-state index contributed by atoms with van der Waals surface area (Å²) in [6, 6.07) is 0. The van der Waals surface area contributed by atoms with Crippen LogP contribution in [0.5, 0.6) is 11.6 Å². The van der Waals surface area contributed by atoms with E-state index >= 15 is 0 Å². The lowest BCUT2D eigenvalue weighted by molar-refractivity contribution is 0.281. The van der Waals surface area contributed by atoms with Crippen molar-refractivity contribution in [1.29, 1.82) is 0 Å². The third-order valence-corrected chi connectivity index (χ3v) is 1.57. The first kappa shape index (κ1) is 10.5. The molecule has 0 atom stereocenters. The number of methoxy groups -OCH3 is 1. The molecule has 0 radical (unpaired) electrons. The van der Waals surface area contributed by atoms with Gasteiger partial charge in [0.1, 0.15) is 6.61 Å². The monoisotopic (exact) mass is 199 g/mol. The maximum absolute atomic E-state index is 11.2. The number of H-pyrrole nitrogens is 1. The molecule has 0 spiro atoms. The quantitative estimate of drug-likeness (QED) is 0.618. The third-order valence-electron chi connectivity index (χ3n) is 1.57. The number of nitrogens with one attached hydrogen (secondary N) is 2. The lowest BCUT2D eigenvalue weighted by atomic mass is 10.5. The van der Waals surface area contributed by atoms with Crippen molar-refractivity contribution >= 4 is 0 Å². The highest BCUT2D eigenvalue weighted by Crippen LogP contribution is 2.16. The zero-order chi connectivity index (χ0) is 10.4. The molecule has 0 saturated heterocycles. The Bertz CT molecular complexity index is 337. The average molecular weight is 199 g/mol. The van der Waals surface area contributed by atoms with E-state index in [2.05, 4.69) is 15.3 Å². The SMILES string of the molecule is CNCCOc1nc[nH]c(=O)c1OC. The molecule has 0 fully saturated rings. The Morgan fingerprint density at radius 3 is 3.07 bits per heavy atom. The summed E-state index contributed by atoms with van der Waals surface area (Å²) in [6.45, 7) is 1.11. The normalized spacial score (nSPS) is 9.86. The van der Waals surface area contributed by atoms with Crippen molar-refractivity contribution in [3.63, 3.8) is 0 Å². The molecular formula is C8H13N3O3. The van der Waals surface area contributed by atoms with Gasteiger partial charge in [-0.1, -0.05) is 0 Å². The number of likely N-dealkylation sites (N-methyl/N-ethyl adjacent to an activating group) is 1. The minimum absolute atomic E-state index is 0.101. The molecule has 0 aliphatic carbocycles. The minimum Gasteiger partial charge on any atom is -0.487 e. The van der Waals surface area contributed by atoms with E-state index in [1.165, 1.54) is 13.4 Å². The fourth-order valence-electron chi connectivity index (χ4n) is 0.903. The molecule has 1 aromatic heterocycles. The van der Waals surface area contributed by atoms with Crippen molar-refractivity contribution in [3.8, 4) is 11.6 Å². The van der Waals surface area contributed by atoms with Gasteiger partial charge in [-0.15, -0.1) is 0 Å². The van der Waals surface area contributed by atoms with E-state index in [0.717, 1.165) is 0 Å². The standard InChI is InChI=1S/C8H13N3O3/c1-9-3-4-14-8-6(13-2)7(12)10-5-11-8/h5,9H,3-4H2,1-2H3,(H,10,11,12). The molecular weight excluding hydrogens is 186 g/mol. The van der Waals surface area contributed by atoms with Gasteiger partial charge in [-0.05, 0) is 7.05 Å². The number of rotatable bonds is 5. The summed E-state index contributed by atoms with van der Waals surface area (Å²) in [5, 5.41) is 2.91. The predicted octanol–water partition coefficient (Wildman–Crippen LogP) is -0.623. The van der Waals surface area contributed by atoms with Gasteiger partial charge in [-0.3, -0.25) is 4.79 Å². The van der Waals surface area contributed by atoms with Gasteiger partial charge in [0.2, 0.25) is 5.75 Å². The summed E-state index contributed by atoms with van der Waals surface area (Å²) < 4.78 is 10.1. The van der Waals surface area contributed by atoms with Gasteiger partial charge in [0.15, 0.2) is 0 Å². The van der Waals surface area contributed by atoms with Crippen molar-refractivity contribution in [2.75, 3.05) is 27.3 Å². The number of aromatic amines is 1. The van der Waals surface area contributed by atoms with Crippen LogP contribution in [0.25, 0.3) is 0 Å². The number of ether oxygens (including phenoxy) is 2. The Morgan fingerprint density at radius 2 is 2.43 bits per heavy atom. The summed E-state index contributed by atoms with van der Waals surface area (Å²) in [5.74, 6) is 0.315. The van der Waals surface area contributed by atoms with Crippen LogP contribution < -0.4 is 20.3 Å². The molecule has 2 N–H and O–H groups in total. The predicted molar refractivity (Wildman–Crippen MR) is 50.8 cm³/mol. The van der Waals surface area contributed by atoms with Crippen LogP contribution in [0.1, 0.15) is 0 Å². The van der Waals surface area contributed by atoms with Gasteiger partial charge in [0.05, 0.1) is 13.4 Å². The molecule has 0 aliphatic rings. The average Bonchev–Trinajstić information content (AvgIpc) is 2.18. The second kappa shape index (κ2) is 5.23. The van der Waals surface area contributed by atoms with Gasteiger partial charge >= 0.3 is 0 Å². The molecule has 0 aliphatic heterocycles. The van der Waals surface area contributed by atoms with E-state index in [1.807, 2.05) is 7.05 Å². The number of nitrogens with zero attached hydrogens (tertiary/aromatic N) is 1. The highest BCUT2D eigenvalue weighted by molar-refractivity contribution is 5.29. The lowest BCUT2D eigenvalue weighted by Gasteiger charge is -2.07. The molecule has 6 nitrogen and oxygen atoms in total. The molecule has 14 heavy (non-hydrogen) atoms. The minimum atomic E-state index is -0.345. The van der Waals surface area contributed by atoms with Gasteiger partial charge < -0.3 is 19.8 Å². The molecule has 0 bridgehead atoms. The summed E-state index contributed by atoms with van der Waals surface area (Å²) in [6.07, 6.45) is 1.28. The first-order chi connectivity index (χ1) is 6.79. The van der Waals surface area contributed by atoms with Gasteiger partial charge in [-0.2, -0.15) is 0 Å². The molecule has 0 aromatic carbocycles.